The maximum atomic E-state index is 5.98. The Morgan fingerprint density at radius 1 is 1.20 bits per heavy atom. The van der Waals surface area contributed by atoms with Crippen LogP contribution in [0, 0.1) is 17.8 Å². The number of rotatable bonds is 5. The molecule has 3 rings (SSSR count). The van der Waals surface area contributed by atoms with Gasteiger partial charge in [0.1, 0.15) is 0 Å². The van der Waals surface area contributed by atoms with Crippen molar-refractivity contribution < 1.29 is 0 Å². The second-order valence-corrected chi connectivity index (χ2v) is 6.85. The first-order chi connectivity index (χ1) is 9.67. The lowest BCUT2D eigenvalue weighted by Crippen LogP contribution is -2.38. The Morgan fingerprint density at radius 3 is 2.50 bits per heavy atom. The molecule has 0 radical (unpaired) electrons. The van der Waals surface area contributed by atoms with Gasteiger partial charge in [-0.05, 0) is 61.6 Å². The smallest absolute Gasteiger partial charge is 0.0406 e. The molecular weight excluding hydrogens is 266 g/mol. The SMILES string of the molecule is CCC(NC(C)C1CC2C=CC1C2)c1ccc(Cl)cc1. The molecule has 5 atom stereocenters. The van der Waals surface area contributed by atoms with E-state index in [4.69, 9.17) is 11.6 Å². The molecule has 1 saturated carbocycles. The summed E-state index contributed by atoms with van der Waals surface area (Å²) in [5, 5.41) is 4.67. The third-order valence-electron chi connectivity index (χ3n) is 5.12. The monoisotopic (exact) mass is 289 g/mol. The molecule has 0 spiro atoms. The van der Waals surface area contributed by atoms with Gasteiger partial charge in [-0.3, -0.25) is 0 Å². The summed E-state index contributed by atoms with van der Waals surface area (Å²) in [7, 11) is 0. The Balaban J connectivity index is 1.65. The first-order valence-electron chi connectivity index (χ1n) is 7.87. The van der Waals surface area contributed by atoms with Gasteiger partial charge < -0.3 is 5.32 Å². The summed E-state index contributed by atoms with van der Waals surface area (Å²) in [6.07, 6.45) is 8.73. The lowest BCUT2D eigenvalue weighted by Gasteiger charge is -2.30. The van der Waals surface area contributed by atoms with Crippen LogP contribution in [0.15, 0.2) is 36.4 Å². The van der Waals surface area contributed by atoms with E-state index >= 15 is 0 Å². The average molecular weight is 290 g/mol. The predicted molar refractivity (Wildman–Crippen MR) is 85.9 cm³/mol. The van der Waals surface area contributed by atoms with Gasteiger partial charge >= 0.3 is 0 Å². The molecule has 0 heterocycles. The molecule has 0 amide bonds. The van der Waals surface area contributed by atoms with Gasteiger partial charge in [-0.25, -0.2) is 0 Å². The van der Waals surface area contributed by atoms with Crippen molar-refractivity contribution in [1.29, 1.82) is 0 Å². The molecule has 1 N–H and O–H groups in total. The summed E-state index contributed by atoms with van der Waals surface area (Å²) in [5.41, 5.74) is 1.35. The lowest BCUT2D eigenvalue weighted by atomic mass is 9.86. The van der Waals surface area contributed by atoms with Gasteiger partial charge in [0.2, 0.25) is 0 Å². The van der Waals surface area contributed by atoms with Crippen molar-refractivity contribution >= 4 is 11.6 Å². The highest BCUT2D eigenvalue weighted by atomic mass is 35.5. The molecule has 2 aliphatic carbocycles. The Bertz CT molecular complexity index is 479. The van der Waals surface area contributed by atoms with Crippen molar-refractivity contribution in [3.05, 3.63) is 47.0 Å². The van der Waals surface area contributed by atoms with E-state index < -0.39 is 0 Å². The summed E-state index contributed by atoms with van der Waals surface area (Å²) in [6.45, 7) is 4.61. The van der Waals surface area contributed by atoms with E-state index in [-0.39, 0.29) is 0 Å². The maximum absolute atomic E-state index is 5.98. The fourth-order valence-electron chi connectivity index (χ4n) is 3.98. The lowest BCUT2D eigenvalue weighted by molar-refractivity contribution is 0.298. The van der Waals surface area contributed by atoms with Crippen LogP contribution in [0.3, 0.4) is 0 Å². The van der Waals surface area contributed by atoms with Crippen molar-refractivity contribution in [3.8, 4) is 0 Å². The topological polar surface area (TPSA) is 12.0 Å². The minimum absolute atomic E-state index is 0.436. The van der Waals surface area contributed by atoms with Crippen molar-refractivity contribution in [2.75, 3.05) is 0 Å². The first kappa shape index (κ1) is 14.2. The van der Waals surface area contributed by atoms with Crippen molar-refractivity contribution in [2.24, 2.45) is 17.8 Å². The largest absolute Gasteiger partial charge is 0.307 e. The van der Waals surface area contributed by atoms with E-state index in [1.54, 1.807) is 0 Å². The Hall–Kier alpha value is -0.790. The average Bonchev–Trinajstić information content (AvgIpc) is 3.08. The third-order valence-corrected chi connectivity index (χ3v) is 5.37. The van der Waals surface area contributed by atoms with Crippen LogP contribution in [-0.2, 0) is 0 Å². The van der Waals surface area contributed by atoms with Gasteiger partial charge in [0, 0.05) is 17.1 Å². The number of fused-ring (bicyclic) bond motifs is 2. The van der Waals surface area contributed by atoms with E-state index in [9.17, 15) is 0 Å². The van der Waals surface area contributed by atoms with Crippen LogP contribution >= 0.6 is 11.6 Å². The van der Waals surface area contributed by atoms with Crippen LogP contribution in [-0.4, -0.2) is 6.04 Å². The minimum Gasteiger partial charge on any atom is -0.307 e. The van der Waals surface area contributed by atoms with Gasteiger partial charge in [0.15, 0.2) is 0 Å². The van der Waals surface area contributed by atoms with Gasteiger partial charge in [-0.2, -0.15) is 0 Å². The molecule has 2 heteroatoms. The summed E-state index contributed by atoms with van der Waals surface area (Å²) < 4.78 is 0. The van der Waals surface area contributed by atoms with Crippen LogP contribution in [0.25, 0.3) is 0 Å². The first-order valence-corrected chi connectivity index (χ1v) is 8.25. The number of nitrogens with one attached hydrogen (secondary N) is 1. The zero-order valence-electron chi connectivity index (χ0n) is 12.4. The van der Waals surface area contributed by atoms with Crippen LogP contribution in [0.5, 0.6) is 0 Å². The van der Waals surface area contributed by atoms with Gasteiger partial charge in [0.25, 0.3) is 0 Å². The molecule has 108 valence electrons. The van der Waals surface area contributed by atoms with Crippen molar-refractivity contribution in [1.82, 2.24) is 5.32 Å². The quantitative estimate of drug-likeness (QED) is 0.754. The van der Waals surface area contributed by atoms with E-state index in [1.807, 2.05) is 12.1 Å². The molecule has 0 aromatic heterocycles. The van der Waals surface area contributed by atoms with Gasteiger partial charge in [-0.1, -0.05) is 42.8 Å². The molecule has 2 aliphatic rings. The predicted octanol–water partition coefficient (Wildman–Crippen LogP) is 4.98. The Kier molecular flexibility index (Phi) is 4.18. The van der Waals surface area contributed by atoms with E-state index in [0.29, 0.717) is 12.1 Å². The van der Waals surface area contributed by atoms with Crippen LogP contribution < -0.4 is 5.32 Å². The van der Waals surface area contributed by atoms with Gasteiger partial charge in [-0.15, -0.1) is 0 Å². The van der Waals surface area contributed by atoms with E-state index in [0.717, 1.165) is 29.2 Å². The van der Waals surface area contributed by atoms with Gasteiger partial charge in [0.05, 0.1) is 0 Å². The molecule has 1 aromatic rings. The highest BCUT2D eigenvalue weighted by molar-refractivity contribution is 6.30. The molecule has 1 aromatic carbocycles. The summed E-state index contributed by atoms with van der Waals surface area (Å²) in [6, 6.07) is 9.30. The molecule has 0 saturated heterocycles. The van der Waals surface area contributed by atoms with Crippen LogP contribution in [0.1, 0.15) is 44.7 Å². The van der Waals surface area contributed by atoms with Crippen molar-refractivity contribution in [3.63, 3.8) is 0 Å². The Labute approximate surface area is 127 Å². The minimum atomic E-state index is 0.436. The van der Waals surface area contributed by atoms with E-state index in [2.05, 4.69) is 43.4 Å². The molecule has 1 nitrogen and oxygen atoms in total. The number of allylic oxidation sites excluding steroid dienone is 2. The number of benzene rings is 1. The molecule has 1 fully saturated rings. The molecule has 20 heavy (non-hydrogen) atoms. The van der Waals surface area contributed by atoms with Crippen LogP contribution in [0.4, 0.5) is 0 Å². The summed E-state index contributed by atoms with van der Waals surface area (Å²) in [4.78, 5) is 0. The second-order valence-electron chi connectivity index (χ2n) is 6.41. The standard InChI is InChI=1S/C18H24ClN/c1-3-18(14-6-8-16(19)9-7-14)20-12(2)17-11-13-4-5-15(17)10-13/h4-9,12-13,15,17-18,20H,3,10-11H2,1-2H3. The van der Waals surface area contributed by atoms with Crippen molar-refractivity contribution in [2.45, 2.75) is 45.2 Å². The fourth-order valence-corrected chi connectivity index (χ4v) is 4.11. The molecule has 0 aliphatic heterocycles. The maximum Gasteiger partial charge on any atom is 0.0406 e. The highest BCUT2D eigenvalue weighted by Gasteiger charge is 2.38. The molecular formula is C18H24ClN. The zero-order chi connectivity index (χ0) is 14.1. The normalized spacial score (nSPS) is 30.6. The highest BCUT2D eigenvalue weighted by Crippen LogP contribution is 2.45. The second kappa shape index (κ2) is 5.91. The summed E-state index contributed by atoms with van der Waals surface area (Å²) in [5.74, 6) is 2.47. The Morgan fingerprint density at radius 2 is 1.95 bits per heavy atom. The van der Waals surface area contributed by atoms with E-state index in [1.165, 1.54) is 18.4 Å². The third kappa shape index (κ3) is 2.80. The van der Waals surface area contributed by atoms with Crippen LogP contribution in [0.2, 0.25) is 5.02 Å². The zero-order valence-corrected chi connectivity index (χ0v) is 13.1. The molecule has 5 unspecified atom stereocenters. The fraction of sp³-hybridized carbons (Fsp3) is 0.556. The number of hydrogen-bond acceptors (Lipinski definition) is 1. The molecule has 2 bridgehead atoms. The number of hydrogen-bond donors (Lipinski definition) is 1. The summed E-state index contributed by atoms with van der Waals surface area (Å²) >= 11 is 5.98. The number of halogens is 1.